The molecule has 198 valence electrons. The van der Waals surface area contributed by atoms with Crippen LogP contribution in [0.3, 0.4) is 0 Å². The molecule has 11 nitrogen and oxygen atoms in total. The van der Waals surface area contributed by atoms with Crippen LogP contribution in [0, 0.1) is 18.3 Å². The van der Waals surface area contributed by atoms with Gasteiger partial charge in [0, 0.05) is 25.0 Å². The molecule has 0 spiro atoms. The molecule has 2 aromatic heterocycles. The van der Waals surface area contributed by atoms with Gasteiger partial charge in [0.1, 0.15) is 12.8 Å². The first-order valence-electron chi connectivity index (χ1n) is 11.1. The Morgan fingerprint density at radius 1 is 1.32 bits per heavy atom. The third-order valence-electron chi connectivity index (χ3n) is 4.99. The number of halogens is 3. The molecular weight excluding hydrogens is 524 g/mol. The highest BCUT2D eigenvalue weighted by Gasteiger charge is 2.24. The molecular formula is C24H22ClF2N7O4. The molecule has 2 N–H and O–H groups in total. The lowest BCUT2D eigenvalue weighted by Gasteiger charge is -2.15. The van der Waals surface area contributed by atoms with Gasteiger partial charge in [0.2, 0.25) is 5.88 Å². The van der Waals surface area contributed by atoms with Crippen LogP contribution in [0.5, 0.6) is 5.88 Å². The Morgan fingerprint density at radius 2 is 2.11 bits per heavy atom. The van der Waals surface area contributed by atoms with Crippen molar-refractivity contribution >= 4 is 35.3 Å². The van der Waals surface area contributed by atoms with Crippen molar-refractivity contribution in [3.63, 3.8) is 0 Å². The maximum atomic E-state index is 13.4. The SMILES string of the molecule is CO/N=C/CCCNC(=O)c1cc(C#N)cc(C)c1NC(=O)c1cc(OC(F)F)nn1-c1ncccc1Cl. The molecule has 0 aliphatic heterocycles. The minimum atomic E-state index is -3.19. The van der Waals surface area contributed by atoms with Gasteiger partial charge in [0.15, 0.2) is 5.82 Å². The number of carbonyl (C=O) groups excluding carboxylic acids is 2. The topological polar surface area (TPSA) is 144 Å². The van der Waals surface area contributed by atoms with E-state index in [1.807, 2.05) is 6.07 Å². The van der Waals surface area contributed by atoms with Crippen molar-refractivity contribution in [3.05, 3.63) is 63.9 Å². The van der Waals surface area contributed by atoms with Crippen LogP contribution in [0.15, 0.2) is 41.7 Å². The van der Waals surface area contributed by atoms with Crippen LogP contribution in [0.25, 0.3) is 5.82 Å². The minimum Gasteiger partial charge on any atom is -0.415 e. The summed E-state index contributed by atoms with van der Waals surface area (Å²) in [6.45, 7) is -1.30. The smallest absolute Gasteiger partial charge is 0.388 e. The zero-order valence-electron chi connectivity index (χ0n) is 20.2. The average Bonchev–Trinajstić information content (AvgIpc) is 3.30. The van der Waals surface area contributed by atoms with E-state index in [4.69, 9.17) is 11.6 Å². The van der Waals surface area contributed by atoms with E-state index in [1.54, 1.807) is 19.2 Å². The van der Waals surface area contributed by atoms with Crippen LogP contribution in [-0.4, -0.2) is 53.1 Å². The molecule has 0 fully saturated rings. The number of hydrogen-bond acceptors (Lipinski definition) is 8. The number of rotatable bonds is 11. The second-order valence-corrected chi connectivity index (χ2v) is 8.02. The molecule has 0 aliphatic carbocycles. The summed E-state index contributed by atoms with van der Waals surface area (Å²) in [4.78, 5) is 35.0. The van der Waals surface area contributed by atoms with Gasteiger partial charge in [0.05, 0.1) is 27.9 Å². The van der Waals surface area contributed by atoms with Crippen molar-refractivity contribution in [3.8, 4) is 17.8 Å². The van der Waals surface area contributed by atoms with Crippen molar-refractivity contribution in [2.75, 3.05) is 19.0 Å². The number of benzene rings is 1. The Hall–Kier alpha value is -4.57. The van der Waals surface area contributed by atoms with E-state index in [1.165, 1.54) is 31.5 Å². The first kappa shape index (κ1) is 28.0. The zero-order chi connectivity index (χ0) is 27.7. The van der Waals surface area contributed by atoms with E-state index in [0.717, 1.165) is 10.7 Å². The van der Waals surface area contributed by atoms with Crippen molar-refractivity contribution in [1.82, 2.24) is 20.1 Å². The van der Waals surface area contributed by atoms with Crippen LogP contribution < -0.4 is 15.4 Å². The molecule has 0 unspecified atom stereocenters. The van der Waals surface area contributed by atoms with Crippen molar-refractivity contribution in [1.29, 1.82) is 5.26 Å². The molecule has 0 atom stereocenters. The van der Waals surface area contributed by atoms with Gasteiger partial charge < -0.3 is 20.2 Å². The molecule has 3 aromatic rings. The summed E-state index contributed by atoms with van der Waals surface area (Å²) in [7, 11) is 1.42. The van der Waals surface area contributed by atoms with Gasteiger partial charge in [-0.1, -0.05) is 16.8 Å². The number of carbonyl (C=O) groups is 2. The zero-order valence-corrected chi connectivity index (χ0v) is 21.0. The van der Waals surface area contributed by atoms with Gasteiger partial charge >= 0.3 is 6.61 Å². The van der Waals surface area contributed by atoms with E-state index in [9.17, 15) is 23.6 Å². The average molecular weight is 546 g/mol. The highest BCUT2D eigenvalue weighted by molar-refractivity contribution is 6.32. The Kier molecular flexibility index (Phi) is 9.66. The second kappa shape index (κ2) is 13.1. The lowest BCUT2D eigenvalue weighted by atomic mass is 10.0. The number of hydrogen-bond donors (Lipinski definition) is 2. The molecule has 0 radical (unpaired) electrons. The maximum Gasteiger partial charge on any atom is 0.388 e. The number of nitriles is 1. The van der Waals surface area contributed by atoms with E-state index >= 15 is 0 Å². The molecule has 14 heteroatoms. The summed E-state index contributed by atoms with van der Waals surface area (Å²) in [5.41, 5.74) is 0.528. The molecule has 2 amide bonds. The fourth-order valence-corrected chi connectivity index (χ4v) is 3.56. The van der Waals surface area contributed by atoms with E-state index in [-0.39, 0.29) is 39.9 Å². The number of amides is 2. The van der Waals surface area contributed by atoms with Gasteiger partial charge in [-0.15, -0.1) is 5.10 Å². The monoisotopic (exact) mass is 545 g/mol. The highest BCUT2D eigenvalue weighted by Crippen LogP contribution is 2.27. The second-order valence-electron chi connectivity index (χ2n) is 7.62. The number of anilines is 1. The van der Waals surface area contributed by atoms with E-state index < -0.39 is 24.3 Å². The Balaban J connectivity index is 1.94. The first-order chi connectivity index (χ1) is 18.2. The van der Waals surface area contributed by atoms with Gasteiger partial charge in [-0.2, -0.15) is 14.0 Å². The standard InChI is InChI=1S/C24H22ClF2N7O4/c1-14-10-15(13-28)11-16(22(35)30-7-3-4-9-31-37-2)20(14)32-23(36)18-12-19(38-24(26)27)33-34(18)21-17(25)6-5-8-29-21/h5-6,8-12,24H,3-4,7H2,1-2H3,(H,30,35)(H,32,36)/b31-9+. The lowest BCUT2D eigenvalue weighted by molar-refractivity contribution is -0.0530. The molecule has 38 heavy (non-hydrogen) atoms. The fraction of sp³-hybridized carbons (Fsp3) is 0.250. The van der Waals surface area contributed by atoms with Crippen LogP contribution >= 0.6 is 11.6 Å². The Bertz CT molecular complexity index is 1390. The van der Waals surface area contributed by atoms with Crippen molar-refractivity contribution in [2.24, 2.45) is 5.16 Å². The normalized spacial score (nSPS) is 10.9. The van der Waals surface area contributed by atoms with Gasteiger partial charge in [-0.25, -0.2) is 9.67 Å². The van der Waals surface area contributed by atoms with E-state index in [0.29, 0.717) is 18.4 Å². The molecule has 0 saturated heterocycles. The number of aromatic nitrogens is 3. The summed E-state index contributed by atoms with van der Waals surface area (Å²) < 4.78 is 31.0. The third kappa shape index (κ3) is 7.01. The van der Waals surface area contributed by atoms with Crippen LogP contribution in [0.2, 0.25) is 5.02 Å². The quantitative estimate of drug-likeness (QED) is 0.210. The Labute approximate surface area is 221 Å². The summed E-state index contributed by atoms with van der Waals surface area (Å²) in [5, 5.41) is 22.3. The number of ether oxygens (including phenoxy) is 1. The van der Waals surface area contributed by atoms with Crippen LogP contribution in [0.1, 0.15) is 44.8 Å². The van der Waals surface area contributed by atoms with Crippen molar-refractivity contribution < 1.29 is 27.9 Å². The summed E-state index contributed by atoms with van der Waals surface area (Å²) in [6, 6.07) is 8.82. The third-order valence-corrected chi connectivity index (χ3v) is 5.29. The van der Waals surface area contributed by atoms with Gasteiger partial charge in [-0.3, -0.25) is 9.59 Å². The number of alkyl halides is 2. The Morgan fingerprint density at radius 3 is 2.79 bits per heavy atom. The molecule has 3 rings (SSSR count). The molecule has 0 saturated carbocycles. The number of nitrogens with one attached hydrogen (secondary N) is 2. The number of pyridine rings is 1. The predicted octanol–water partition coefficient (Wildman–Crippen LogP) is 4.10. The summed E-state index contributed by atoms with van der Waals surface area (Å²) >= 11 is 6.18. The largest absolute Gasteiger partial charge is 0.415 e. The number of aryl methyl sites for hydroxylation is 1. The number of unbranched alkanes of at least 4 members (excludes halogenated alkanes) is 1. The number of nitrogens with zero attached hydrogens (tertiary/aromatic N) is 5. The van der Waals surface area contributed by atoms with Crippen LogP contribution in [-0.2, 0) is 4.84 Å². The van der Waals surface area contributed by atoms with Crippen LogP contribution in [0.4, 0.5) is 14.5 Å². The first-order valence-corrected chi connectivity index (χ1v) is 11.5. The highest BCUT2D eigenvalue weighted by atomic mass is 35.5. The molecule has 0 aliphatic rings. The molecule has 1 aromatic carbocycles. The van der Waals surface area contributed by atoms with E-state index in [2.05, 4.69) is 35.4 Å². The fourth-order valence-electron chi connectivity index (χ4n) is 3.36. The van der Waals surface area contributed by atoms with Gasteiger partial charge in [0.25, 0.3) is 11.8 Å². The van der Waals surface area contributed by atoms with Gasteiger partial charge in [-0.05, 0) is 49.6 Å². The number of oxime groups is 1. The van der Waals surface area contributed by atoms with Crippen molar-refractivity contribution in [2.45, 2.75) is 26.4 Å². The lowest BCUT2D eigenvalue weighted by Crippen LogP contribution is -2.27. The summed E-state index contributed by atoms with van der Waals surface area (Å²) in [6.07, 6.45) is 4.06. The maximum absolute atomic E-state index is 13.4. The molecule has 2 heterocycles. The minimum absolute atomic E-state index is 0.00466. The predicted molar refractivity (Wildman–Crippen MR) is 134 cm³/mol. The summed E-state index contributed by atoms with van der Waals surface area (Å²) in [5.74, 6) is -1.90. The molecule has 0 bridgehead atoms.